The molecule has 0 unspecified atom stereocenters. The molecule has 0 spiro atoms. The number of nitrogens with one attached hydrogen (secondary N) is 2. The fourth-order valence-corrected chi connectivity index (χ4v) is 4.38. The Labute approximate surface area is 176 Å². The number of piperidine rings is 1. The minimum absolute atomic E-state index is 0.00208. The average molecular weight is 399 g/mol. The second kappa shape index (κ2) is 8.19. The second-order valence-electron chi connectivity index (χ2n) is 7.99. The molecule has 2 aliphatic rings. The Hall–Kier alpha value is -3.34. The summed E-state index contributed by atoms with van der Waals surface area (Å²) in [5.74, 6) is 0.00208. The van der Waals surface area contributed by atoms with Crippen molar-refractivity contribution >= 4 is 23.7 Å². The molecule has 0 aliphatic carbocycles. The van der Waals surface area contributed by atoms with Crippen LogP contribution in [0.4, 0.5) is 5.69 Å². The van der Waals surface area contributed by atoms with E-state index in [1.807, 2.05) is 18.3 Å². The topological polar surface area (TPSA) is 61.0 Å². The highest BCUT2D eigenvalue weighted by Gasteiger charge is 2.20. The number of aromatic nitrogens is 2. The number of rotatable bonds is 4. The van der Waals surface area contributed by atoms with Crippen molar-refractivity contribution in [2.75, 3.05) is 24.5 Å². The molecule has 0 saturated carbocycles. The van der Waals surface area contributed by atoms with Gasteiger partial charge in [-0.15, -0.1) is 0 Å². The Morgan fingerprint density at radius 3 is 2.73 bits per heavy atom. The molecule has 30 heavy (non-hydrogen) atoms. The predicted octanol–water partition coefficient (Wildman–Crippen LogP) is 4.52. The van der Waals surface area contributed by atoms with Gasteiger partial charge < -0.3 is 15.2 Å². The number of carbonyl (C=O) groups excluding carboxylic acids is 1. The molecule has 152 valence electrons. The number of H-pyrrole nitrogens is 1. The number of nitrogens with zero attached hydrogens (tertiary/aromatic N) is 2. The molecule has 5 heteroatoms. The number of carbonyl (C=O) groups is 1. The summed E-state index contributed by atoms with van der Waals surface area (Å²) < 4.78 is 0. The van der Waals surface area contributed by atoms with Gasteiger partial charge in [-0.05, 0) is 55.2 Å². The Kier molecular flexibility index (Phi) is 5.10. The van der Waals surface area contributed by atoms with Gasteiger partial charge in [-0.2, -0.15) is 0 Å². The number of anilines is 1. The van der Waals surface area contributed by atoms with Gasteiger partial charge in [0.25, 0.3) is 5.91 Å². The molecule has 2 aliphatic heterocycles. The largest absolute Gasteiger partial charge is 0.371 e. The van der Waals surface area contributed by atoms with E-state index in [1.54, 1.807) is 0 Å². The number of aromatic amines is 1. The SMILES string of the molecule is O=C1NCCc2[nH]c(-c3ccnc(/C=C\c4ccccc4N4CCCCC4)c3)cc21. The number of hydrogen-bond donors (Lipinski definition) is 2. The lowest BCUT2D eigenvalue weighted by molar-refractivity contribution is 0.0946. The summed E-state index contributed by atoms with van der Waals surface area (Å²) in [6.07, 6.45) is 10.7. The number of fused-ring (bicyclic) bond motifs is 1. The quantitative estimate of drug-likeness (QED) is 0.679. The molecule has 0 atom stereocenters. The minimum atomic E-state index is 0.00208. The van der Waals surface area contributed by atoms with Crippen LogP contribution in [0.25, 0.3) is 23.4 Å². The van der Waals surface area contributed by atoms with E-state index in [0.29, 0.717) is 6.54 Å². The van der Waals surface area contributed by atoms with Crippen LogP contribution < -0.4 is 10.2 Å². The molecule has 4 heterocycles. The number of para-hydroxylation sites is 1. The van der Waals surface area contributed by atoms with Crippen molar-refractivity contribution < 1.29 is 4.79 Å². The van der Waals surface area contributed by atoms with Crippen LogP contribution in [0, 0.1) is 0 Å². The van der Waals surface area contributed by atoms with Gasteiger partial charge in [0.2, 0.25) is 0 Å². The summed E-state index contributed by atoms with van der Waals surface area (Å²) >= 11 is 0. The Balaban J connectivity index is 1.41. The molecular weight excluding hydrogens is 372 g/mol. The first kappa shape index (κ1) is 18.7. The fourth-order valence-electron chi connectivity index (χ4n) is 4.38. The number of benzene rings is 1. The zero-order chi connectivity index (χ0) is 20.3. The maximum Gasteiger partial charge on any atom is 0.253 e. The fraction of sp³-hybridized carbons (Fsp3) is 0.280. The average Bonchev–Trinajstić information content (AvgIpc) is 3.25. The summed E-state index contributed by atoms with van der Waals surface area (Å²) in [7, 11) is 0. The van der Waals surface area contributed by atoms with E-state index in [0.717, 1.165) is 47.7 Å². The summed E-state index contributed by atoms with van der Waals surface area (Å²) in [5.41, 5.74) is 7.18. The highest BCUT2D eigenvalue weighted by molar-refractivity contribution is 5.97. The van der Waals surface area contributed by atoms with Gasteiger partial charge >= 0.3 is 0 Å². The molecule has 0 bridgehead atoms. The van der Waals surface area contributed by atoms with Crippen LogP contribution in [0.3, 0.4) is 0 Å². The smallest absolute Gasteiger partial charge is 0.253 e. The lowest BCUT2D eigenvalue weighted by atomic mass is 10.1. The van der Waals surface area contributed by atoms with Gasteiger partial charge in [0.15, 0.2) is 0 Å². The molecule has 5 rings (SSSR count). The first-order valence-electron chi connectivity index (χ1n) is 10.8. The number of hydrogen-bond acceptors (Lipinski definition) is 3. The van der Waals surface area contributed by atoms with Gasteiger partial charge in [-0.3, -0.25) is 9.78 Å². The van der Waals surface area contributed by atoms with Crippen LogP contribution in [-0.4, -0.2) is 35.5 Å². The number of pyridine rings is 1. The monoisotopic (exact) mass is 398 g/mol. The molecule has 1 fully saturated rings. The third-order valence-corrected chi connectivity index (χ3v) is 5.96. The van der Waals surface area contributed by atoms with Crippen molar-refractivity contribution in [2.45, 2.75) is 25.7 Å². The van der Waals surface area contributed by atoms with Crippen molar-refractivity contribution in [3.05, 3.63) is 71.2 Å². The summed E-state index contributed by atoms with van der Waals surface area (Å²) in [6.45, 7) is 2.94. The van der Waals surface area contributed by atoms with Gasteiger partial charge in [-0.1, -0.05) is 24.3 Å². The van der Waals surface area contributed by atoms with Crippen molar-refractivity contribution in [3.63, 3.8) is 0 Å². The Bertz CT molecular complexity index is 1090. The third-order valence-electron chi connectivity index (χ3n) is 5.96. The molecule has 1 amide bonds. The van der Waals surface area contributed by atoms with E-state index in [9.17, 15) is 4.79 Å². The second-order valence-corrected chi connectivity index (χ2v) is 7.99. The Morgan fingerprint density at radius 2 is 1.87 bits per heavy atom. The molecular formula is C25H26N4O. The molecule has 2 N–H and O–H groups in total. The van der Waals surface area contributed by atoms with E-state index in [2.05, 4.69) is 62.7 Å². The summed E-state index contributed by atoms with van der Waals surface area (Å²) in [5, 5.41) is 2.90. The highest BCUT2D eigenvalue weighted by atomic mass is 16.1. The summed E-state index contributed by atoms with van der Waals surface area (Å²) in [4.78, 5) is 22.5. The minimum Gasteiger partial charge on any atom is -0.371 e. The number of amides is 1. The third kappa shape index (κ3) is 3.75. The van der Waals surface area contributed by atoms with Crippen LogP contribution in [0.2, 0.25) is 0 Å². The molecule has 0 radical (unpaired) electrons. The molecule has 1 saturated heterocycles. The molecule has 3 aromatic rings. The van der Waals surface area contributed by atoms with Crippen molar-refractivity contribution in [2.24, 2.45) is 0 Å². The standard InChI is InChI=1S/C25H26N4O/c30-25-21-17-23(28-22(21)11-13-27-25)19-10-12-26-20(16-19)9-8-18-6-2-3-7-24(18)29-14-4-1-5-15-29/h2-3,6-10,12,16-17,28H,1,4-5,11,13-15H2,(H,27,30)/b9-8-. The van der Waals surface area contributed by atoms with Crippen molar-refractivity contribution in [1.82, 2.24) is 15.3 Å². The van der Waals surface area contributed by atoms with Crippen LogP contribution >= 0.6 is 0 Å². The molecule has 1 aromatic carbocycles. The lowest BCUT2D eigenvalue weighted by Crippen LogP contribution is -2.31. The maximum atomic E-state index is 12.1. The van der Waals surface area contributed by atoms with Gasteiger partial charge in [0.1, 0.15) is 0 Å². The summed E-state index contributed by atoms with van der Waals surface area (Å²) in [6, 6.07) is 14.6. The van der Waals surface area contributed by atoms with Crippen LogP contribution in [0.15, 0.2) is 48.7 Å². The highest BCUT2D eigenvalue weighted by Crippen LogP contribution is 2.27. The zero-order valence-corrected chi connectivity index (χ0v) is 17.0. The van der Waals surface area contributed by atoms with Crippen LogP contribution in [0.5, 0.6) is 0 Å². The van der Waals surface area contributed by atoms with Crippen molar-refractivity contribution in [1.29, 1.82) is 0 Å². The first-order valence-corrected chi connectivity index (χ1v) is 10.8. The zero-order valence-electron chi connectivity index (χ0n) is 17.0. The van der Waals surface area contributed by atoms with Crippen LogP contribution in [-0.2, 0) is 6.42 Å². The first-order chi connectivity index (χ1) is 14.8. The molecule has 2 aromatic heterocycles. The van der Waals surface area contributed by atoms with Gasteiger partial charge in [-0.25, -0.2) is 0 Å². The van der Waals surface area contributed by atoms with E-state index >= 15 is 0 Å². The molecule has 5 nitrogen and oxygen atoms in total. The van der Waals surface area contributed by atoms with E-state index in [4.69, 9.17) is 0 Å². The van der Waals surface area contributed by atoms with E-state index in [1.165, 1.54) is 30.5 Å². The van der Waals surface area contributed by atoms with Gasteiger partial charge in [0, 0.05) is 54.9 Å². The van der Waals surface area contributed by atoms with E-state index < -0.39 is 0 Å². The normalized spacial score (nSPS) is 16.5. The van der Waals surface area contributed by atoms with Crippen LogP contribution in [0.1, 0.15) is 46.6 Å². The van der Waals surface area contributed by atoms with Crippen molar-refractivity contribution in [3.8, 4) is 11.3 Å². The maximum absolute atomic E-state index is 12.1. The Morgan fingerprint density at radius 1 is 1.00 bits per heavy atom. The van der Waals surface area contributed by atoms with Gasteiger partial charge in [0.05, 0.1) is 11.3 Å². The van der Waals surface area contributed by atoms with E-state index in [-0.39, 0.29) is 5.91 Å². The predicted molar refractivity (Wildman–Crippen MR) is 121 cm³/mol. The lowest BCUT2D eigenvalue weighted by Gasteiger charge is -2.30.